The summed E-state index contributed by atoms with van der Waals surface area (Å²) >= 11 is 0. The number of halogens is 1. The highest BCUT2D eigenvalue weighted by Gasteiger charge is 2.53. The van der Waals surface area contributed by atoms with Crippen LogP contribution in [0, 0.1) is 5.82 Å². The van der Waals surface area contributed by atoms with E-state index in [0.29, 0.717) is 13.1 Å². The van der Waals surface area contributed by atoms with E-state index in [4.69, 9.17) is 4.74 Å². The van der Waals surface area contributed by atoms with Crippen LogP contribution in [-0.4, -0.2) is 47.0 Å². The summed E-state index contributed by atoms with van der Waals surface area (Å²) in [5.41, 5.74) is -0.136. The monoisotopic (exact) mass is 386 g/mol. The fourth-order valence-corrected chi connectivity index (χ4v) is 3.84. The Balaban J connectivity index is 1.37. The summed E-state index contributed by atoms with van der Waals surface area (Å²) in [6, 6.07) is 7.84. The van der Waals surface area contributed by atoms with Crippen LogP contribution in [0.1, 0.15) is 31.2 Å². The van der Waals surface area contributed by atoms with Gasteiger partial charge in [0.25, 0.3) is 5.56 Å². The van der Waals surface area contributed by atoms with Crippen molar-refractivity contribution >= 4 is 11.9 Å². The Morgan fingerprint density at radius 2 is 1.96 bits per heavy atom. The van der Waals surface area contributed by atoms with Crippen LogP contribution < -0.4 is 15.6 Å². The summed E-state index contributed by atoms with van der Waals surface area (Å²) in [7, 11) is 1.63. The molecule has 2 N–H and O–H groups in total. The smallest absolute Gasteiger partial charge is 0.288 e. The van der Waals surface area contributed by atoms with Gasteiger partial charge in [-0.05, 0) is 43.4 Å². The second-order valence-electron chi connectivity index (χ2n) is 7.43. The second-order valence-corrected chi connectivity index (χ2v) is 7.43. The van der Waals surface area contributed by atoms with Gasteiger partial charge in [0.1, 0.15) is 5.75 Å². The molecule has 0 unspecified atom stereocenters. The average Bonchev–Trinajstić information content (AvgIpc) is 3.53. The molecule has 2 fully saturated rings. The molecule has 148 valence electrons. The first kappa shape index (κ1) is 18.5. The maximum absolute atomic E-state index is 13.2. The Kier molecular flexibility index (Phi) is 4.78. The van der Waals surface area contributed by atoms with Gasteiger partial charge in [0.05, 0.1) is 18.7 Å². The first-order valence-electron chi connectivity index (χ1n) is 9.47. The number of hydrogen-bond donors (Lipinski definition) is 2. The van der Waals surface area contributed by atoms with Crippen LogP contribution in [0.15, 0.2) is 35.3 Å². The molecule has 0 radical (unpaired) electrons. The van der Waals surface area contributed by atoms with Crippen molar-refractivity contribution in [3.8, 4) is 5.75 Å². The number of aromatic amines is 1. The lowest BCUT2D eigenvalue weighted by Gasteiger charge is -2.35. The van der Waals surface area contributed by atoms with E-state index in [2.05, 4.69) is 15.3 Å². The average molecular weight is 386 g/mol. The predicted molar refractivity (Wildman–Crippen MR) is 102 cm³/mol. The van der Waals surface area contributed by atoms with E-state index >= 15 is 0 Å². The number of anilines is 1. The van der Waals surface area contributed by atoms with Crippen molar-refractivity contribution in [3.63, 3.8) is 0 Å². The summed E-state index contributed by atoms with van der Waals surface area (Å²) in [5.74, 6) is 0.322. The van der Waals surface area contributed by atoms with Gasteiger partial charge in [-0.15, -0.1) is 0 Å². The van der Waals surface area contributed by atoms with Crippen LogP contribution in [0.5, 0.6) is 5.75 Å². The first-order chi connectivity index (χ1) is 13.5. The molecule has 1 aromatic carbocycles. The zero-order valence-electron chi connectivity index (χ0n) is 15.7. The van der Waals surface area contributed by atoms with Crippen LogP contribution in [0.2, 0.25) is 0 Å². The standard InChI is InChI=1S/C20H23FN4O3/c1-28-15-4-2-13(3-5-15)20(8-9-20)18(27)25-10-6-14(7-11-25)23-19-22-12-16(21)17(26)24-19/h2-5,12,14H,6-11H2,1H3,(H2,22,23,24,26). The Hall–Kier alpha value is -2.90. The molecule has 28 heavy (non-hydrogen) atoms. The molecule has 1 saturated heterocycles. The van der Waals surface area contributed by atoms with Crippen molar-refractivity contribution in [2.75, 3.05) is 25.5 Å². The Bertz CT molecular complexity index is 916. The summed E-state index contributed by atoms with van der Waals surface area (Å²) < 4.78 is 18.2. The SMILES string of the molecule is COc1ccc(C2(C(=O)N3CCC(Nc4ncc(F)c(=O)[nH]4)CC3)CC2)cc1. The minimum absolute atomic E-state index is 0.0776. The molecule has 8 heteroatoms. The summed E-state index contributed by atoms with van der Waals surface area (Å²) in [6.07, 6.45) is 4.14. The molecule has 1 aliphatic carbocycles. The van der Waals surface area contributed by atoms with Crippen LogP contribution >= 0.6 is 0 Å². The number of amides is 1. The molecule has 0 bridgehead atoms. The highest BCUT2D eigenvalue weighted by molar-refractivity contribution is 5.91. The maximum Gasteiger partial charge on any atom is 0.288 e. The number of nitrogens with one attached hydrogen (secondary N) is 2. The van der Waals surface area contributed by atoms with E-state index in [9.17, 15) is 14.0 Å². The molecule has 4 rings (SSSR count). The predicted octanol–water partition coefficient (Wildman–Crippen LogP) is 2.05. The van der Waals surface area contributed by atoms with E-state index in [-0.39, 0.29) is 17.9 Å². The van der Waals surface area contributed by atoms with E-state index in [0.717, 1.165) is 43.2 Å². The zero-order chi connectivity index (χ0) is 19.7. The first-order valence-corrected chi connectivity index (χ1v) is 9.47. The number of nitrogens with zero attached hydrogens (tertiary/aromatic N) is 2. The van der Waals surface area contributed by atoms with Gasteiger partial charge in [0.15, 0.2) is 0 Å². The van der Waals surface area contributed by atoms with Gasteiger partial charge in [0, 0.05) is 19.1 Å². The van der Waals surface area contributed by atoms with Crippen molar-refractivity contribution in [1.82, 2.24) is 14.9 Å². The lowest BCUT2D eigenvalue weighted by Crippen LogP contribution is -2.46. The lowest BCUT2D eigenvalue weighted by atomic mass is 9.92. The molecular weight excluding hydrogens is 363 g/mol. The van der Waals surface area contributed by atoms with Gasteiger partial charge in [-0.2, -0.15) is 4.39 Å². The summed E-state index contributed by atoms with van der Waals surface area (Å²) in [5, 5.41) is 3.12. The molecule has 1 saturated carbocycles. The fourth-order valence-electron chi connectivity index (χ4n) is 3.84. The third-order valence-electron chi connectivity index (χ3n) is 5.68. The minimum atomic E-state index is -0.903. The van der Waals surface area contributed by atoms with E-state index in [1.807, 2.05) is 29.2 Å². The van der Waals surface area contributed by atoms with Crippen molar-refractivity contribution < 1.29 is 13.9 Å². The molecular formula is C20H23FN4O3. The number of rotatable bonds is 5. The third-order valence-corrected chi connectivity index (χ3v) is 5.68. The maximum atomic E-state index is 13.2. The molecule has 2 heterocycles. The third kappa shape index (κ3) is 3.46. The van der Waals surface area contributed by atoms with Crippen molar-refractivity contribution in [1.29, 1.82) is 0 Å². The molecule has 7 nitrogen and oxygen atoms in total. The van der Waals surface area contributed by atoms with E-state index in [1.165, 1.54) is 0 Å². The number of carbonyl (C=O) groups is 1. The molecule has 2 aromatic rings. The Morgan fingerprint density at radius 3 is 2.54 bits per heavy atom. The number of ether oxygens (including phenoxy) is 1. The number of likely N-dealkylation sites (tertiary alicyclic amines) is 1. The number of benzene rings is 1. The van der Waals surface area contributed by atoms with Crippen LogP contribution in [0.25, 0.3) is 0 Å². The van der Waals surface area contributed by atoms with Gasteiger partial charge >= 0.3 is 0 Å². The quantitative estimate of drug-likeness (QED) is 0.821. The fraction of sp³-hybridized carbons (Fsp3) is 0.450. The number of hydrogen-bond acceptors (Lipinski definition) is 5. The molecule has 1 amide bonds. The molecule has 1 aliphatic heterocycles. The highest BCUT2D eigenvalue weighted by Crippen LogP contribution is 2.50. The zero-order valence-corrected chi connectivity index (χ0v) is 15.7. The van der Waals surface area contributed by atoms with Gasteiger partial charge in [-0.25, -0.2) is 4.98 Å². The van der Waals surface area contributed by atoms with Gasteiger partial charge in [0.2, 0.25) is 17.7 Å². The Morgan fingerprint density at radius 1 is 1.29 bits per heavy atom. The summed E-state index contributed by atoms with van der Waals surface area (Å²) in [6.45, 7) is 1.28. The largest absolute Gasteiger partial charge is 0.497 e. The van der Waals surface area contributed by atoms with Gasteiger partial charge in [-0.1, -0.05) is 12.1 Å². The molecule has 2 aliphatic rings. The number of H-pyrrole nitrogens is 1. The topological polar surface area (TPSA) is 87.3 Å². The second kappa shape index (κ2) is 7.26. The molecule has 0 atom stereocenters. The lowest BCUT2D eigenvalue weighted by molar-refractivity contribution is -0.134. The number of aromatic nitrogens is 2. The van der Waals surface area contributed by atoms with Crippen LogP contribution in [-0.2, 0) is 10.2 Å². The Labute approximate surface area is 161 Å². The molecule has 1 aromatic heterocycles. The van der Waals surface area contributed by atoms with Crippen LogP contribution in [0.4, 0.5) is 10.3 Å². The van der Waals surface area contributed by atoms with Crippen molar-refractivity contribution in [2.24, 2.45) is 0 Å². The minimum Gasteiger partial charge on any atom is -0.497 e. The van der Waals surface area contributed by atoms with Gasteiger partial charge in [-0.3, -0.25) is 14.6 Å². The number of methoxy groups -OCH3 is 1. The number of carbonyl (C=O) groups excluding carboxylic acids is 1. The highest BCUT2D eigenvalue weighted by atomic mass is 19.1. The number of piperidine rings is 1. The van der Waals surface area contributed by atoms with Gasteiger partial charge < -0.3 is 15.0 Å². The molecule has 0 spiro atoms. The summed E-state index contributed by atoms with van der Waals surface area (Å²) in [4.78, 5) is 32.7. The van der Waals surface area contributed by atoms with E-state index < -0.39 is 16.8 Å². The van der Waals surface area contributed by atoms with Crippen molar-refractivity contribution in [3.05, 3.63) is 52.2 Å². The van der Waals surface area contributed by atoms with E-state index in [1.54, 1.807) is 7.11 Å². The normalized spacial score (nSPS) is 18.6. The van der Waals surface area contributed by atoms with Crippen molar-refractivity contribution in [2.45, 2.75) is 37.1 Å². The van der Waals surface area contributed by atoms with Crippen LogP contribution in [0.3, 0.4) is 0 Å².